The average molecular weight is 467 g/mol. The van der Waals surface area contributed by atoms with E-state index in [1.807, 2.05) is 0 Å². The molecule has 0 aromatic heterocycles. The molecule has 2 aliphatic rings. The van der Waals surface area contributed by atoms with Gasteiger partial charge >= 0.3 is 0 Å². The van der Waals surface area contributed by atoms with Crippen LogP contribution in [0.15, 0.2) is 105 Å². The van der Waals surface area contributed by atoms with Crippen molar-refractivity contribution in [1.82, 2.24) is 0 Å². The van der Waals surface area contributed by atoms with Crippen LogP contribution < -0.4 is 10.6 Å². The van der Waals surface area contributed by atoms with Crippen molar-refractivity contribution in [3.63, 3.8) is 0 Å². The first-order valence-corrected chi connectivity index (χ1v) is 16.1. The lowest BCUT2D eigenvalue weighted by molar-refractivity contribution is 0.993. The fraction of sp³-hybridized carbons (Fsp3) is 0.231. The van der Waals surface area contributed by atoms with Crippen LogP contribution in [0.1, 0.15) is 40.5 Å². The molecule has 4 rings (SSSR count). The fourth-order valence-electron chi connectivity index (χ4n) is 4.55. The molecule has 2 heterocycles. The van der Waals surface area contributed by atoms with Crippen LogP contribution in [0.4, 0.5) is 0 Å². The van der Waals surface area contributed by atoms with Crippen LogP contribution in [0.25, 0.3) is 0 Å². The smallest absolute Gasteiger partial charge is 0.0277 e. The van der Waals surface area contributed by atoms with Gasteiger partial charge in [0.25, 0.3) is 0 Å². The molecule has 2 unspecified atom stereocenters. The fourth-order valence-corrected chi connectivity index (χ4v) is 13.8. The predicted octanol–water partition coefficient (Wildman–Crippen LogP) is 7.76. The largest absolute Gasteiger partial charge is 0.0835 e. The van der Waals surface area contributed by atoms with Gasteiger partial charge in [-0.05, 0) is 95.7 Å². The van der Waals surface area contributed by atoms with Crippen LogP contribution in [-0.2, 0) is 23.6 Å². The Morgan fingerprint density at radius 1 is 0.567 bits per heavy atom. The molecule has 2 aromatic carbocycles. The highest BCUT2D eigenvalue weighted by Crippen LogP contribution is 2.66. The van der Waals surface area contributed by atoms with Gasteiger partial charge in [-0.3, -0.25) is 0 Å². The van der Waals surface area contributed by atoms with Crippen molar-refractivity contribution in [2.45, 2.75) is 40.5 Å². The van der Waals surface area contributed by atoms with Crippen LogP contribution in [0, 0.1) is 0 Å². The number of rotatable bonds is 5. The zero-order chi connectivity index (χ0) is 21.5. The normalized spacial score (nSPS) is 26.3. The highest BCUT2D eigenvalue weighted by Gasteiger charge is 2.33. The Balaban J connectivity index is 1.70. The van der Waals surface area contributed by atoms with Crippen molar-refractivity contribution < 1.29 is 0 Å². The van der Waals surface area contributed by atoms with E-state index < -0.39 is 12.1 Å². The summed E-state index contributed by atoms with van der Waals surface area (Å²) in [6.45, 7) is 8.94. The zero-order valence-electron chi connectivity index (χ0n) is 18.1. The molecule has 2 aliphatic heterocycles. The van der Waals surface area contributed by atoms with E-state index in [1.54, 1.807) is 0 Å². The van der Waals surface area contributed by atoms with Gasteiger partial charge in [0.1, 0.15) is 0 Å². The average Bonchev–Trinajstić information content (AvgIpc) is 3.12. The van der Waals surface area contributed by atoms with Gasteiger partial charge in [0, 0.05) is 12.1 Å². The Kier molecular flexibility index (Phi) is 6.08. The molecular formula is C26H28P2S2. The van der Waals surface area contributed by atoms with Gasteiger partial charge in [-0.1, -0.05) is 84.3 Å². The summed E-state index contributed by atoms with van der Waals surface area (Å²) in [6, 6.07) is 17.7. The van der Waals surface area contributed by atoms with Crippen molar-refractivity contribution in [2.24, 2.45) is 0 Å². The van der Waals surface area contributed by atoms with Crippen molar-refractivity contribution in [3.05, 3.63) is 105 Å². The topological polar surface area (TPSA) is 0 Å². The van der Waals surface area contributed by atoms with E-state index in [4.69, 9.17) is 23.6 Å². The molecule has 0 saturated heterocycles. The van der Waals surface area contributed by atoms with Gasteiger partial charge < -0.3 is 0 Å². The Labute approximate surface area is 191 Å². The summed E-state index contributed by atoms with van der Waals surface area (Å²) < 4.78 is 0. The van der Waals surface area contributed by atoms with Crippen molar-refractivity contribution in [1.29, 1.82) is 0 Å². The van der Waals surface area contributed by atoms with Crippen molar-refractivity contribution >= 4 is 46.3 Å². The van der Waals surface area contributed by atoms with E-state index in [-0.39, 0.29) is 0 Å². The third-order valence-electron chi connectivity index (χ3n) is 6.48. The molecule has 0 radical (unpaired) electrons. The third kappa shape index (κ3) is 3.63. The number of hydrogen-bond acceptors (Lipinski definition) is 2. The van der Waals surface area contributed by atoms with Crippen LogP contribution in [0.5, 0.6) is 0 Å². The van der Waals surface area contributed by atoms with Crippen LogP contribution in [-0.4, -0.2) is 0 Å². The van der Waals surface area contributed by atoms with E-state index in [0.29, 0.717) is 0 Å². The lowest BCUT2D eigenvalue weighted by Gasteiger charge is -2.24. The van der Waals surface area contributed by atoms with Crippen molar-refractivity contribution in [2.75, 3.05) is 0 Å². The monoisotopic (exact) mass is 466 g/mol. The second kappa shape index (κ2) is 8.33. The summed E-state index contributed by atoms with van der Waals surface area (Å²) in [5, 5.41) is 5.56. The SMILES string of the molecule is CC1=CP(=S)(c2ccccc2)C(CCC2=C(C)C(C)=CP2(=S)c2ccccc2)=C1C. The maximum Gasteiger partial charge on any atom is 0.0277 e. The molecule has 0 bridgehead atoms. The standard InChI is InChI=1S/C26H28P2S2/c1-19-17-27(29,23-11-7-5-8-12-23)25(21(19)3)15-16-26-22(4)20(2)18-28(26,30)24-13-9-6-10-14-24/h5-14,17-18H,15-16H2,1-4H3. The Hall–Kier alpha value is -1.30. The van der Waals surface area contributed by atoms with E-state index in [1.165, 1.54) is 43.5 Å². The number of allylic oxidation sites excluding steroid dienone is 6. The molecule has 0 amide bonds. The maximum absolute atomic E-state index is 6.38. The summed E-state index contributed by atoms with van der Waals surface area (Å²) in [5.74, 6) is 4.77. The highest BCUT2D eigenvalue weighted by atomic mass is 32.4. The van der Waals surface area contributed by atoms with E-state index in [2.05, 4.69) is 100.0 Å². The third-order valence-corrected chi connectivity index (χ3v) is 16.1. The molecule has 0 N–H and O–H groups in total. The number of benzene rings is 2. The summed E-state index contributed by atoms with van der Waals surface area (Å²) in [7, 11) is 0. The molecule has 0 nitrogen and oxygen atoms in total. The van der Waals surface area contributed by atoms with Crippen molar-refractivity contribution in [3.8, 4) is 0 Å². The summed E-state index contributed by atoms with van der Waals surface area (Å²) >= 11 is 12.8. The van der Waals surface area contributed by atoms with Gasteiger partial charge in [-0.15, -0.1) is 0 Å². The molecule has 0 fully saturated rings. The first-order chi connectivity index (χ1) is 14.3. The maximum atomic E-state index is 6.38. The molecule has 0 saturated carbocycles. The molecule has 4 heteroatoms. The van der Waals surface area contributed by atoms with Gasteiger partial charge in [0.05, 0.1) is 0 Å². The lowest BCUT2D eigenvalue weighted by atomic mass is 10.1. The first kappa shape index (κ1) is 21.9. The molecule has 154 valence electrons. The summed E-state index contributed by atoms with van der Waals surface area (Å²) in [5.41, 5.74) is 5.50. The van der Waals surface area contributed by atoms with E-state index in [0.717, 1.165) is 12.8 Å². The first-order valence-electron chi connectivity index (χ1n) is 10.4. The number of hydrogen-bond donors (Lipinski definition) is 0. The Bertz CT molecular complexity index is 1110. The van der Waals surface area contributed by atoms with E-state index in [9.17, 15) is 0 Å². The van der Waals surface area contributed by atoms with Gasteiger partial charge in [0.2, 0.25) is 0 Å². The van der Waals surface area contributed by atoms with Gasteiger partial charge in [0.15, 0.2) is 0 Å². The second-order valence-corrected chi connectivity index (χ2v) is 17.0. The quantitative estimate of drug-likeness (QED) is 0.413. The predicted molar refractivity (Wildman–Crippen MR) is 143 cm³/mol. The van der Waals surface area contributed by atoms with Gasteiger partial charge in [-0.25, -0.2) is 0 Å². The Morgan fingerprint density at radius 3 is 1.23 bits per heavy atom. The Morgan fingerprint density at radius 2 is 0.900 bits per heavy atom. The zero-order valence-corrected chi connectivity index (χ0v) is 21.5. The molecule has 30 heavy (non-hydrogen) atoms. The lowest BCUT2D eigenvalue weighted by Crippen LogP contribution is -2.05. The molecule has 0 aliphatic carbocycles. The van der Waals surface area contributed by atoms with Gasteiger partial charge in [-0.2, -0.15) is 0 Å². The minimum absolute atomic E-state index is 1.00. The van der Waals surface area contributed by atoms with Crippen LogP contribution in [0.3, 0.4) is 0 Å². The van der Waals surface area contributed by atoms with Crippen LogP contribution in [0.2, 0.25) is 0 Å². The van der Waals surface area contributed by atoms with E-state index >= 15 is 0 Å². The molecule has 0 spiro atoms. The molecule has 2 aromatic rings. The minimum Gasteiger partial charge on any atom is -0.0835 e. The highest BCUT2D eigenvalue weighted by molar-refractivity contribution is 8.22. The molecule has 2 atom stereocenters. The second-order valence-electron chi connectivity index (χ2n) is 8.25. The summed E-state index contributed by atoms with van der Waals surface area (Å²) in [4.78, 5) is 0. The molecular weight excluding hydrogens is 438 g/mol. The van der Waals surface area contributed by atoms with Crippen LogP contribution >= 0.6 is 12.1 Å². The summed E-state index contributed by atoms with van der Waals surface area (Å²) in [6.07, 6.45) is 2.01. The minimum atomic E-state index is -1.86.